The van der Waals surface area contributed by atoms with Crippen molar-refractivity contribution < 1.29 is 24.8 Å². The Kier molecular flexibility index (Phi) is 15.0. The number of rotatable bonds is 16. The van der Waals surface area contributed by atoms with E-state index in [4.69, 9.17) is 14.6 Å². The van der Waals surface area contributed by atoms with Gasteiger partial charge in [-0.2, -0.15) is 0 Å². The molecule has 5 nitrogen and oxygen atoms in total. The van der Waals surface area contributed by atoms with Crippen molar-refractivity contribution in [1.29, 1.82) is 0 Å². The lowest BCUT2D eigenvalue weighted by Gasteiger charge is -2.37. The number of hydrogen-bond donors (Lipinski definition) is 3. The minimum Gasteiger partial charge on any atom is -0.394 e. The third-order valence-corrected chi connectivity index (χ3v) is 5.22. The normalized spacial score (nSPS) is 26.1. The third kappa shape index (κ3) is 11.2. The number of aliphatic hydroxyl groups excluding tert-OH is 3. The van der Waals surface area contributed by atoms with Gasteiger partial charge >= 0.3 is 0 Å². The van der Waals surface area contributed by atoms with Crippen LogP contribution in [0.15, 0.2) is 12.2 Å². The van der Waals surface area contributed by atoms with Crippen LogP contribution in [0.4, 0.5) is 0 Å². The van der Waals surface area contributed by atoms with Crippen molar-refractivity contribution in [3.05, 3.63) is 12.2 Å². The van der Waals surface area contributed by atoms with Gasteiger partial charge < -0.3 is 24.8 Å². The zero-order valence-electron chi connectivity index (χ0n) is 17.2. The highest BCUT2D eigenvalue weighted by atomic mass is 16.6. The largest absolute Gasteiger partial charge is 0.394 e. The summed E-state index contributed by atoms with van der Waals surface area (Å²) in [5, 5.41) is 29.0. The van der Waals surface area contributed by atoms with E-state index in [-0.39, 0.29) is 13.2 Å². The molecule has 1 fully saturated rings. The molecule has 0 saturated carbocycles. The van der Waals surface area contributed by atoms with E-state index >= 15 is 0 Å². The highest BCUT2D eigenvalue weighted by molar-refractivity contribution is 4.87. The zero-order chi connectivity index (χ0) is 19.7. The molecule has 1 saturated heterocycles. The Morgan fingerprint density at radius 2 is 1.48 bits per heavy atom. The summed E-state index contributed by atoms with van der Waals surface area (Å²) in [6, 6.07) is 0. The van der Waals surface area contributed by atoms with Gasteiger partial charge in [0.2, 0.25) is 0 Å². The molecule has 0 unspecified atom stereocenters. The van der Waals surface area contributed by atoms with Gasteiger partial charge in [0, 0.05) is 6.61 Å². The first-order valence-electron chi connectivity index (χ1n) is 11.1. The van der Waals surface area contributed by atoms with Gasteiger partial charge in [0.05, 0.1) is 13.2 Å². The Morgan fingerprint density at radius 3 is 2.11 bits per heavy atom. The predicted octanol–water partition coefficient (Wildman–Crippen LogP) is 3.74. The summed E-state index contributed by atoms with van der Waals surface area (Å²) >= 11 is 0. The minimum atomic E-state index is -0.976. The van der Waals surface area contributed by atoms with Crippen LogP contribution in [-0.4, -0.2) is 59.6 Å². The lowest BCUT2D eigenvalue weighted by molar-refractivity contribution is -0.210. The second kappa shape index (κ2) is 16.5. The Balaban J connectivity index is 1.92. The first kappa shape index (κ1) is 24.6. The Bertz CT molecular complexity index is 361. The smallest absolute Gasteiger partial charge is 0.114 e. The molecule has 0 radical (unpaired) electrons. The molecule has 0 aromatic heterocycles. The monoisotopic (exact) mass is 386 g/mol. The topological polar surface area (TPSA) is 79.2 Å². The Hall–Kier alpha value is -0.460. The molecule has 1 aliphatic rings. The highest BCUT2D eigenvalue weighted by Crippen LogP contribution is 2.19. The number of hydrogen-bond acceptors (Lipinski definition) is 5. The maximum Gasteiger partial charge on any atom is 0.114 e. The number of ether oxygens (including phenoxy) is 2. The van der Waals surface area contributed by atoms with Crippen LogP contribution in [-0.2, 0) is 9.47 Å². The average Bonchev–Trinajstić information content (AvgIpc) is 2.67. The molecule has 0 amide bonds. The van der Waals surface area contributed by atoms with E-state index in [1.165, 1.54) is 57.8 Å². The molecule has 0 aromatic rings. The second-order valence-corrected chi connectivity index (χ2v) is 7.68. The predicted molar refractivity (Wildman–Crippen MR) is 109 cm³/mol. The third-order valence-electron chi connectivity index (χ3n) is 5.22. The molecule has 1 heterocycles. The Labute approximate surface area is 165 Å². The summed E-state index contributed by atoms with van der Waals surface area (Å²) in [5.41, 5.74) is 0. The van der Waals surface area contributed by atoms with E-state index < -0.39 is 24.4 Å². The molecule has 27 heavy (non-hydrogen) atoms. The van der Waals surface area contributed by atoms with Crippen LogP contribution < -0.4 is 0 Å². The average molecular weight is 387 g/mol. The van der Waals surface area contributed by atoms with Gasteiger partial charge in [0.1, 0.15) is 24.4 Å². The molecule has 1 rings (SSSR count). The van der Waals surface area contributed by atoms with Crippen LogP contribution in [0.5, 0.6) is 0 Å². The standard InChI is InChI=1S/C22H42O5/c1-2-3-4-5-6-7-8-9-10-11-12-13-14-15-16-26-22-19(24)18-27-20(17-23)21(22)25/h9-10,19-25H,2-8,11-18H2,1H3/b10-9+/t19-,20+,21+,22+/m0/s1. The molecule has 160 valence electrons. The van der Waals surface area contributed by atoms with Crippen molar-refractivity contribution in [1.82, 2.24) is 0 Å². The summed E-state index contributed by atoms with van der Waals surface area (Å²) in [7, 11) is 0. The SMILES string of the molecule is CCCCCCCC/C=C/CCCCCCO[C@H]1[C@H](O)[C@@H](CO)OC[C@@H]1O. The van der Waals surface area contributed by atoms with Crippen molar-refractivity contribution in [2.45, 2.75) is 108 Å². The fraction of sp³-hybridized carbons (Fsp3) is 0.909. The van der Waals surface area contributed by atoms with E-state index in [0.29, 0.717) is 6.61 Å². The van der Waals surface area contributed by atoms with Gasteiger partial charge in [-0.05, 0) is 32.1 Å². The van der Waals surface area contributed by atoms with E-state index in [1.807, 2.05) is 0 Å². The van der Waals surface area contributed by atoms with Crippen molar-refractivity contribution in [3.63, 3.8) is 0 Å². The molecule has 0 aliphatic carbocycles. The van der Waals surface area contributed by atoms with Crippen LogP contribution in [0.2, 0.25) is 0 Å². The maximum absolute atomic E-state index is 10.0. The molecule has 0 aromatic carbocycles. The van der Waals surface area contributed by atoms with Crippen molar-refractivity contribution >= 4 is 0 Å². The molecule has 3 N–H and O–H groups in total. The number of allylic oxidation sites excluding steroid dienone is 2. The summed E-state index contributed by atoms with van der Waals surface area (Å²) in [6.07, 6.45) is 16.4. The molecular weight excluding hydrogens is 344 g/mol. The van der Waals surface area contributed by atoms with Crippen LogP contribution in [0.3, 0.4) is 0 Å². The number of unbranched alkanes of at least 4 members (excludes halogenated alkanes) is 10. The summed E-state index contributed by atoms with van der Waals surface area (Å²) < 4.78 is 10.8. The van der Waals surface area contributed by atoms with Gasteiger partial charge in [0.15, 0.2) is 0 Å². The molecule has 5 heteroatoms. The van der Waals surface area contributed by atoms with Crippen LogP contribution >= 0.6 is 0 Å². The highest BCUT2D eigenvalue weighted by Gasteiger charge is 2.38. The molecule has 0 bridgehead atoms. The van der Waals surface area contributed by atoms with Crippen LogP contribution in [0.25, 0.3) is 0 Å². The van der Waals surface area contributed by atoms with E-state index in [0.717, 1.165) is 19.3 Å². The summed E-state index contributed by atoms with van der Waals surface area (Å²) in [6.45, 7) is 2.60. The van der Waals surface area contributed by atoms with Gasteiger partial charge in [-0.1, -0.05) is 64.0 Å². The number of aliphatic hydroxyl groups is 3. The van der Waals surface area contributed by atoms with Crippen molar-refractivity contribution in [3.8, 4) is 0 Å². The maximum atomic E-state index is 10.0. The van der Waals surface area contributed by atoms with E-state index in [9.17, 15) is 10.2 Å². The lowest BCUT2D eigenvalue weighted by atomic mass is 10.0. The fourth-order valence-corrected chi connectivity index (χ4v) is 3.44. The van der Waals surface area contributed by atoms with Gasteiger partial charge in [0.25, 0.3) is 0 Å². The minimum absolute atomic E-state index is 0.0953. The summed E-state index contributed by atoms with van der Waals surface area (Å²) in [5.74, 6) is 0. The Morgan fingerprint density at radius 1 is 0.889 bits per heavy atom. The van der Waals surface area contributed by atoms with Gasteiger partial charge in [-0.3, -0.25) is 0 Å². The summed E-state index contributed by atoms with van der Waals surface area (Å²) in [4.78, 5) is 0. The van der Waals surface area contributed by atoms with Crippen molar-refractivity contribution in [2.75, 3.05) is 19.8 Å². The molecule has 4 atom stereocenters. The fourth-order valence-electron chi connectivity index (χ4n) is 3.44. The molecule has 1 aliphatic heterocycles. The zero-order valence-corrected chi connectivity index (χ0v) is 17.2. The first-order valence-corrected chi connectivity index (χ1v) is 11.1. The molecule has 0 spiro atoms. The quantitative estimate of drug-likeness (QED) is 0.278. The lowest BCUT2D eigenvalue weighted by Crippen LogP contribution is -2.55. The second-order valence-electron chi connectivity index (χ2n) is 7.68. The van der Waals surface area contributed by atoms with Crippen LogP contribution in [0, 0.1) is 0 Å². The first-order chi connectivity index (χ1) is 13.2. The van der Waals surface area contributed by atoms with E-state index in [2.05, 4.69) is 19.1 Å². The van der Waals surface area contributed by atoms with Gasteiger partial charge in [-0.25, -0.2) is 0 Å². The van der Waals surface area contributed by atoms with Crippen LogP contribution in [0.1, 0.15) is 84.0 Å². The van der Waals surface area contributed by atoms with Gasteiger partial charge in [-0.15, -0.1) is 0 Å². The molecular formula is C22H42O5. The van der Waals surface area contributed by atoms with E-state index in [1.54, 1.807) is 0 Å². The van der Waals surface area contributed by atoms with Crippen molar-refractivity contribution in [2.24, 2.45) is 0 Å².